The van der Waals surface area contributed by atoms with Crippen LogP contribution in [0.4, 0.5) is 0 Å². The first kappa shape index (κ1) is 8.72. The Hall–Kier alpha value is -0.370. The molecule has 0 N–H and O–H groups in total. The summed E-state index contributed by atoms with van der Waals surface area (Å²) in [5.74, 6) is 0. The van der Waals surface area contributed by atoms with Gasteiger partial charge in [-0.3, -0.25) is 9.89 Å². The quantitative estimate of drug-likeness (QED) is 0.559. The highest BCUT2D eigenvalue weighted by Gasteiger charge is 2.30. The van der Waals surface area contributed by atoms with Crippen LogP contribution in [-0.2, 0) is 0 Å². The van der Waals surface area contributed by atoms with Gasteiger partial charge in [-0.05, 0) is 27.3 Å². The van der Waals surface area contributed by atoms with Crippen LogP contribution in [0.3, 0.4) is 0 Å². The molecule has 0 radical (unpaired) electrons. The smallest absolute Gasteiger partial charge is 0.0530 e. The zero-order valence-electron chi connectivity index (χ0n) is 8.02. The fraction of sp³-hybridized carbons (Fsp3) is 0.889. The number of hydrogen-bond acceptors (Lipinski definition) is 2. The van der Waals surface area contributed by atoms with Crippen LogP contribution >= 0.6 is 0 Å². The van der Waals surface area contributed by atoms with Crippen molar-refractivity contribution in [1.82, 2.24) is 4.90 Å². The predicted molar refractivity (Wildman–Crippen MR) is 49.3 cm³/mol. The third-order valence-electron chi connectivity index (χ3n) is 2.78. The molecular formula is C9H18N2. The van der Waals surface area contributed by atoms with Gasteiger partial charge < -0.3 is 0 Å². The topological polar surface area (TPSA) is 15.6 Å². The summed E-state index contributed by atoms with van der Waals surface area (Å²) in [4.78, 5) is 6.92. The van der Waals surface area contributed by atoms with E-state index in [4.69, 9.17) is 0 Å². The summed E-state index contributed by atoms with van der Waals surface area (Å²) in [6.07, 6.45) is 0. The van der Waals surface area contributed by atoms with Crippen molar-refractivity contribution in [3.63, 3.8) is 0 Å². The van der Waals surface area contributed by atoms with Gasteiger partial charge in [-0.25, -0.2) is 0 Å². The molecule has 0 fully saturated rings. The van der Waals surface area contributed by atoms with Gasteiger partial charge in [0.25, 0.3) is 0 Å². The molecular weight excluding hydrogens is 136 g/mol. The summed E-state index contributed by atoms with van der Waals surface area (Å²) >= 11 is 0. The number of aliphatic imine (C=N–C) groups is 1. The van der Waals surface area contributed by atoms with Gasteiger partial charge in [0, 0.05) is 12.3 Å². The maximum Gasteiger partial charge on any atom is 0.0530 e. The molecule has 0 saturated heterocycles. The molecule has 0 aromatic heterocycles. The zero-order chi connectivity index (χ0) is 8.48. The second-order valence-electron chi connectivity index (χ2n) is 3.61. The molecule has 0 unspecified atom stereocenters. The molecule has 2 nitrogen and oxygen atoms in total. The van der Waals surface area contributed by atoms with Gasteiger partial charge in [-0.1, -0.05) is 6.92 Å². The minimum Gasteiger partial charge on any atom is -0.291 e. The maximum absolute atomic E-state index is 4.46. The highest BCUT2D eigenvalue weighted by atomic mass is 15.2. The van der Waals surface area contributed by atoms with E-state index in [0.717, 1.165) is 19.6 Å². The van der Waals surface area contributed by atoms with Gasteiger partial charge in [0.2, 0.25) is 0 Å². The lowest BCUT2D eigenvalue weighted by atomic mass is 9.95. The molecule has 0 amide bonds. The first-order chi connectivity index (χ1) is 5.09. The lowest BCUT2D eigenvalue weighted by molar-refractivity contribution is 0.182. The van der Waals surface area contributed by atoms with Crippen LogP contribution in [0.2, 0.25) is 0 Å². The molecule has 0 aliphatic carbocycles. The first-order valence-electron chi connectivity index (χ1n) is 4.35. The van der Waals surface area contributed by atoms with Crippen molar-refractivity contribution in [2.75, 3.05) is 19.6 Å². The van der Waals surface area contributed by atoms with Crippen LogP contribution in [0.1, 0.15) is 27.7 Å². The SMILES string of the molecule is CCN1CCN=C(C)C1(C)C. The minimum absolute atomic E-state index is 0.188. The number of nitrogens with zero attached hydrogens (tertiary/aromatic N) is 2. The Bertz CT molecular complexity index is 170. The Morgan fingerprint density at radius 3 is 2.64 bits per heavy atom. The second kappa shape index (κ2) is 2.94. The first-order valence-corrected chi connectivity index (χ1v) is 4.35. The normalized spacial score (nSPS) is 24.9. The van der Waals surface area contributed by atoms with E-state index in [9.17, 15) is 0 Å². The fourth-order valence-electron chi connectivity index (χ4n) is 1.59. The molecule has 1 heterocycles. The summed E-state index contributed by atoms with van der Waals surface area (Å²) in [6.45, 7) is 12.0. The average Bonchev–Trinajstić information content (AvgIpc) is 1.95. The third-order valence-corrected chi connectivity index (χ3v) is 2.78. The summed E-state index contributed by atoms with van der Waals surface area (Å²) in [5.41, 5.74) is 1.46. The highest BCUT2D eigenvalue weighted by Crippen LogP contribution is 2.19. The molecule has 0 aromatic rings. The molecule has 0 bridgehead atoms. The van der Waals surface area contributed by atoms with Crippen LogP contribution in [0.25, 0.3) is 0 Å². The number of likely N-dealkylation sites (N-methyl/N-ethyl adjacent to an activating group) is 1. The Morgan fingerprint density at radius 2 is 2.18 bits per heavy atom. The van der Waals surface area contributed by atoms with Crippen molar-refractivity contribution in [3.05, 3.63) is 0 Å². The molecule has 11 heavy (non-hydrogen) atoms. The van der Waals surface area contributed by atoms with E-state index in [1.54, 1.807) is 0 Å². The molecule has 1 aliphatic rings. The van der Waals surface area contributed by atoms with Gasteiger partial charge in [-0.15, -0.1) is 0 Å². The summed E-state index contributed by atoms with van der Waals surface area (Å²) in [6, 6.07) is 0. The molecule has 0 saturated carbocycles. The summed E-state index contributed by atoms with van der Waals surface area (Å²) in [7, 11) is 0. The Morgan fingerprint density at radius 1 is 1.55 bits per heavy atom. The van der Waals surface area contributed by atoms with Gasteiger partial charge in [-0.2, -0.15) is 0 Å². The van der Waals surface area contributed by atoms with Gasteiger partial charge in [0.05, 0.1) is 12.1 Å². The maximum atomic E-state index is 4.46. The summed E-state index contributed by atoms with van der Waals surface area (Å²) < 4.78 is 0. The predicted octanol–water partition coefficient (Wildman–Crippen LogP) is 1.56. The van der Waals surface area contributed by atoms with E-state index < -0.39 is 0 Å². The molecule has 0 atom stereocenters. The molecule has 2 heteroatoms. The average molecular weight is 154 g/mol. The van der Waals surface area contributed by atoms with E-state index in [0.29, 0.717) is 0 Å². The fourth-order valence-corrected chi connectivity index (χ4v) is 1.59. The number of rotatable bonds is 1. The van der Waals surface area contributed by atoms with Gasteiger partial charge in [0.15, 0.2) is 0 Å². The monoisotopic (exact) mass is 154 g/mol. The lowest BCUT2D eigenvalue weighted by Gasteiger charge is -2.40. The standard InChI is InChI=1S/C9H18N2/c1-5-11-7-6-10-8(2)9(11,3)4/h5-7H2,1-4H3. The lowest BCUT2D eigenvalue weighted by Crippen LogP contribution is -2.52. The molecule has 0 spiro atoms. The van der Waals surface area contributed by atoms with Crippen LogP contribution in [-0.4, -0.2) is 35.8 Å². The van der Waals surface area contributed by atoms with E-state index in [1.165, 1.54) is 5.71 Å². The van der Waals surface area contributed by atoms with Crippen molar-refractivity contribution in [3.8, 4) is 0 Å². The van der Waals surface area contributed by atoms with Gasteiger partial charge in [0.1, 0.15) is 0 Å². The Balaban J connectivity index is 2.81. The van der Waals surface area contributed by atoms with Crippen molar-refractivity contribution in [2.24, 2.45) is 4.99 Å². The van der Waals surface area contributed by atoms with Crippen LogP contribution in [0.5, 0.6) is 0 Å². The van der Waals surface area contributed by atoms with Crippen LogP contribution < -0.4 is 0 Å². The van der Waals surface area contributed by atoms with E-state index in [2.05, 4.69) is 37.6 Å². The minimum atomic E-state index is 0.188. The molecule has 0 aromatic carbocycles. The van der Waals surface area contributed by atoms with Crippen molar-refractivity contribution in [1.29, 1.82) is 0 Å². The summed E-state index contributed by atoms with van der Waals surface area (Å²) in [5, 5.41) is 0. The van der Waals surface area contributed by atoms with Crippen molar-refractivity contribution in [2.45, 2.75) is 33.2 Å². The highest BCUT2D eigenvalue weighted by molar-refractivity contribution is 5.91. The second-order valence-corrected chi connectivity index (χ2v) is 3.61. The van der Waals surface area contributed by atoms with Crippen molar-refractivity contribution >= 4 is 5.71 Å². The largest absolute Gasteiger partial charge is 0.291 e. The van der Waals surface area contributed by atoms with Crippen LogP contribution in [0.15, 0.2) is 4.99 Å². The Labute approximate surface area is 69.3 Å². The molecule has 1 rings (SSSR count). The van der Waals surface area contributed by atoms with E-state index in [1.807, 2.05) is 0 Å². The van der Waals surface area contributed by atoms with Gasteiger partial charge >= 0.3 is 0 Å². The molecule has 64 valence electrons. The third kappa shape index (κ3) is 1.45. The Kier molecular flexibility index (Phi) is 2.33. The van der Waals surface area contributed by atoms with Crippen LogP contribution in [0, 0.1) is 0 Å². The van der Waals surface area contributed by atoms with Crippen molar-refractivity contribution < 1.29 is 0 Å². The van der Waals surface area contributed by atoms with E-state index in [-0.39, 0.29) is 5.54 Å². The zero-order valence-corrected chi connectivity index (χ0v) is 8.02. The number of hydrogen-bond donors (Lipinski definition) is 0. The molecule has 1 aliphatic heterocycles. The van der Waals surface area contributed by atoms with E-state index >= 15 is 0 Å².